The van der Waals surface area contributed by atoms with Gasteiger partial charge in [-0.15, -0.1) is 13.2 Å². The number of aromatic nitrogens is 1. The molecular formula is C15H14F3N3O. The molecule has 1 aromatic heterocycles. The first kappa shape index (κ1) is 14.5. The molecule has 7 heteroatoms. The number of alkyl halides is 3. The number of fused-ring (bicyclic) bond motifs is 1. The second-order valence-electron chi connectivity index (χ2n) is 4.93. The van der Waals surface area contributed by atoms with Crippen LogP contribution in [0.25, 0.3) is 0 Å². The highest BCUT2D eigenvalue weighted by molar-refractivity contribution is 5.54. The maximum Gasteiger partial charge on any atom is 0.573 e. The Morgan fingerprint density at radius 3 is 2.91 bits per heavy atom. The second-order valence-corrected chi connectivity index (χ2v) is 4.93. The molecule has 0 atom stereocenters. The average Bonchev–Trinajstić information content (AvgIpc) is 2.91. The van der Waals surface area contributed by atoms with Crippen LogP contribution < -0.4 is 15.4 Å². The van der Waals surface area contributed by atoms with Crippen LogP contribution in [-0.2, 0) is 13.0 Å². The molecule has 0 unspecified atom stereocenters. The Morgan fingerprint density at radius 2 is 2.09 bits per heavy atom. The molecule has 2 heterocycles. The van der Waals surface area contributed by atoms with Crippen LogP contribution in [0.3, 0.4) is 0 Å². The van der Waals surface area contributed by atoms with Crippen molar-refractivity contribution in [2.75, 3.05) is 17.2 Å². The number of benzene rings is 1. The van der Waals surface area contributed by atoms with E-state index in [-0.39, 0.29) is 5.75 Å². The molecule has 3 rings (SSSR count). The third kappa shape index (κ3) is 3.60. The lowest BCUT2D eigenvalue weighted by molar-refractivity contribution is -0.274. The Balaban J connectivity index is 1.65. The summed E-state index contributed by atoms with van der Waals surface area (Å²) < 4.78 is 40.5. The highest BCUT2D eigenvalue weighted by Crippen LogP contribution is 2.24. The van der Waals surface area contributed by atoms with Gasteiger partial charge in [0.25, 0.3) is 0 Å². The summed E-state index contributed by atoms with van der Waals surface area (Å²) in [4.78, 5) is 4.42. The van der Waals surface area contributed by atoms with Gasteiger partial charge in [0.15, 0.2) is 0 Å². The first-order valence-corrected chi connectivity index (χ1v) is 6.82. The van der Waals surface area contributed by atoms with E-state index in [4.69, 9.17) is 0 Å². The van der Waals surface area contributed by atoms with Crippen LogP contribution in [-0.4, -0.2) is 17.9 Å². The van der Waals surface area contributed by atoms with Gasteiger partial charge in [0.05, 0.1) is 0 Å². The number of hydrogen-bond donors (Lipinski definition) is 2. The SMILES string of the molecule is FC(F)(F)Oc1cccc(CNc2ccc3c(n2)NCC3)c1. The zero-order valence-corrected chi connectivity index (χ0v) is 11.6. The first-order valence-electron chi connectivity index (χ1n) is 6.82. The van der Waals surface area contributed by atoms with E-state index < -0.39 is 6.36 Å². The van der Waals surface area contributed by atoms with Gasteiger partial charge in [-0.2, -0.15) is 0 Å². The number of nitrogens with zero attached hydrogens (tertiary/aromatic N) is 1. The van der Waals surface area contributed by atoms with Gasteiger partial charge < -0.3 is 15.4 Å². The van der Waals surface area contributed by atoms with Crippen molar-refractivity contribution in [1.29, 1.82) is 0 Å². The predicted molar refractivity (Wildman–Crippen MR) is 76.9 cm³/mol. The number of ether oxygens (including phenoxy) is 1. The van der Waals surface area contributed by atoms with Gasteiger partial charge in [0.1, 0.15) is 17.4 Å². The molecule has 2 aromatic rings. The monoisotopic (exact) mass is 309 g/mol. The van der Waals surface area contributed by atoms with Crippen molar-refractivity contribution >= 4 is 11.6 Å². The van der Waals surface area contributed by atoms with Crippen LogP contribution in [0.1, 0.15) is 11.1 Å². The molecule has 0 aliphatic carbocycles. The van der Waals surface area contributed by atoms with E-state index >= 15 is 0 Å². The molecule has 0 amide bonds. The number of anilines is 2. The Kier molecular flexibility index (Phi) is 3.79. The summed E-state index contributed by atoms with van der Waals surface area (Å²) in [5.74, 6) is 1.31. The van der Waals surface area contributed by atoms with Gasteiger partial charge in [-0.05, 0) is 35.7 Å². The van der Waals surface area contributed by atoms with Crippen LogP contribution in [0.5, 0.6) is 5.75 Å². The molecule has 0 saturated heterocycles. The largest absolute Gasteiger partial charge is 0.573 e. The number of hydrogen-bond acceptors (Lipinski definition) is 4. The van der Waals surface area contributed by atoms with Crippen molar-refractivity contribution < 1.29 is 17.9 Å². The van der Waals surface area contributed by atoms with Crippen molar-refractivity contribution in [2.24, 2.45) is 0 Å². The summed E-state index contributed by atoms with van der Waals surface area (Å²) in [6, 6.07) is 9.73. The smallest absolute Gasteiger partial charge is 0.406 e. The van der Waals surface area contributed by atoms with E-state index in [9.17, 15) is 13.2 Å². The van der Waals surface area contributed by atoms with Gasteiger partial charge in [-0.25, -0.2) is 4.98 Å². The van der Waals surface area contributed by atoms with Gasteiger partial charge in [-0.3, -0.25) is 0 Å². The molecule has 4 nitrogen and oxygen atoms in total. The summed E-state index contributed by atoms with van der Waals surface area (Å²) in [6.45, 7) is 1.24. The van der Waals surface area contributed by atoms with Crippen LogP contribution in [0.4, 0.5) is 24.8 Å². The molecule has 1 aliphatic rings. The zero-order valence-electron chi connectivity index (χ0n) is 11.6. The third-order valence-corrected chi connectivity index (χ3v) is 3.27. The van der Waals surface area contributed by atoms with E-state index in [1.807, 2.05) is 12.1 Å². The fourth-order valence-electron chi connectivity index (χ4n) is 2.30. The van der Waals surface area contributed by atoms with Crippen LogP contribution >= 0.6 is 0 Å². The Morgan fingerprint density at radius 1 is 1.23 bits per heavy atom. The molecule has 0 saturated carbocycles. The average molecular weight is 309 g/mol. The fraction of sp³-hybridized carbons (Fsp3) is 0.267. The quantitative estimate of drug-likeness (QED) is 0.906. The predicted octanol–water partition coefficient (Wildman–Crippen LogP) is 3.56. The fourth-order valence-corrected chi connectivity index (χ4v) is 2.30. The number of pyridine rings is 1. The molecule has 0 fully saturated rings. The third-order valence-electron chi connectivity index (χ3n) is 3.27. The molecule has 0 bridgehead atoms. The van der Waals surface area contributed by atoms with Crippen molar-refractivity contribution in [3.8, 4) is 5.75 Å². The van der Waals surface area contributed by atoms with E-state index in [1.54, 1.807) is 6.07 Å². The van der Waals surface area contributed by atoms with E-state index in [2.05, 4.69) is 20.4 Å². The first-order chi connectivity index (χ1) is 10.5. The van der Waals surface area contributed by atoms with Crippen molar-refractivity contribution in [1.82, 2.24) is 4.98 Å². The zero-order chi connectivity index (χ0) is 15.6. The van der Waals surface area contributed by atoms with E-state index in [1.165, 1.54) is 23.8 Å². The lowest BCUT2D eigenvalue weighted by Gasteiger charge is -2.11. The Hall–Kier alpha value is -2.44. The standard InChI is InChI=1S/C15H14F3N3O/c16-15(17,18)22-12-3-1-2-10(8-12)9-20-13-5-4-11-6-7-19-14(11)21-13/h1-5,8H,6-7,9H2,(H2,19,20,21). The lowest BCUT2D eigenvalue weighted by atomic mass is 10.2. The highest BCUT2D eigenvalue weighted by Gasteiger charge is 2.31. The summed E-state index contributed by atoms with van der Waals surface area (Å²) in [6.07, 6.45) is -3.72. The normalized spacial score (nSPS) is 13.4. The van der Waals surface area contributed by atoms with E-state index in [0.717, 1.165) is 18.8 Å². The highest BCUT2D eigenvalue weighted by atomic mass is 19.4. The van der Waals surface area contributed by atoms with Crippen molar-refractivity contribution in [3.05, 3.63) is 47.5 Å². The molecular weight excluding hydrogens is 295 g/mol. The van der Waals surface area contributed by atoms with Gasteiger partial charge in [-0.1, -0.05) is 18.2 Å². The van der Waals surface area contributed by atoms with Crippen molar-refractivity contribution in [2.45, 2.75) is 19.3 Å². The summed E-state index contributed by atoms with van der Waals surface area (Å²) in [5.41, 5.74) is 1.85. The maximum atomic E-state index is 12.2. The van der Waals surface area contributed by atoms with Crippen LogP contribution in [0.15, 0.2) is 36.4 Å². The lowest BCUT2D eigenvalue weighted by Crippen LogP contribution is -2.17. The second kappa shape index (κ2) is 5.75. The number of nitrogens with one attached hydrogen (secondary N) is 2. The Labute approximate surface area is 125 Å². The molecule has 1 aromatic carbocycles. The molecule has 0 radical (unpaired) electrons. The minimum absolute atomic E-state index is 0.227. The topological polar surface area (TPSA) is 46.2 Å². The van der Waals surface area contributed by atoms with Gasteiger partial charge >= 0.3 is 6.36 Å². The van der Waals surface area contributed by atoms with Crippen LogP contribution in [0, 0.1) is 0 Å². The molecule has 1 aliphatic heterocycles. The van der Waals surface area contributed by atoms with Crippen LogP contribution in [0.2, 0.25) is 0 Å². The van der Waals surface area contributed by atoms with E-state index in [0.29, 0.717) is 17.9 Å². The molecule has 116 valence electrons. The van der Waals surface area contributed by atoms with Gasteiger partial charge in [0, 0.05) is 13.1 Å². The number of halogens is 3. The maximum absolute atomic E-state index is 12.2. The summed E-state index contributed by atoms with van der Waals surface area (Å²) in [5, 5.41) is 6.27. The minimum atomic E-state index is -4.68. The Bertz CT molecular complexity index is 673. The minimum Gasteiger partial charge on any atom is -0.406 e. The summed E-state index contributed by atoms with van der Waals surface area (Å²) >= 11 is 0. The molecule has 0 spiro atoms. The molecule has 2 N–H and O–H groups in total. The van der Waals surface area contributed by atoms with Crippen molar-refractivity contribution in [3.63, 3.8) is 0 Å². The summed E-state index contributed by atoms with van der Waals surface area (Å²) in [7, 11) is 0. The molecule has 22 heavy (non-hydrogen) atoms. The van der Waals surface area contributed by atoms with Gasteiger partial charge in [0.2, 0.25) is 0 Å². The number of rotatable bonds is 4.